The Bertz CT molecular complexity index is 4710. The number of nitrogens with one attached hydrogen (secondary N) is 2. The summed E-state index contributed by atoms with van der Waals surface area (Å²) < 4.78 is 99.3. The number of nitrogen functional groups attached to an aromatic ring is 3. The molecule has 15 N–H and O–H groups in total. The molecule has 3 saturated heterocycles. The zero-order chi connectivity index (χ0) is 83.3. The third-order valence-electron chi connectivity index (χ3n) is 19.4. The van der Waals surface area contributed by atoms with Gasteiger partial charge in [0.1, 0.15) is 116 Å². The van der Waals surface area contributed by atoms with Crippen LogP contribution in [0.3, 0.4) is 0 Å². The van der Waals surface area contributed by atoms with Crippen LogP contribution in [0.15, 0.2) is 128 Å². The number of hydrogen-bond acceptors (Lipinski definition) is 33. The maximum absolute atomic E-state index is 13.9. The summed E-state index contributed by atoms with van der Waals surface area (Å²) in [5.74, 6) is -2.91. The zero-order valence-electron chi connectivity index (χ0n) is 62.9. The molecule has 42 heteroatoms. The Morgan fingerprint density at radius 2 is 0.895 bits per heavy atom. The van der Waals surface area contributed by atoms with E-state index in [0.717, 1.165) is 25.7 Å². The minimum Gasteiger partial charge on any atom is -0.778 e. The number of ether oxygens (including phenoxy) is 5. The molecule has 8 aromatic rings. The molecular weight excluding hydrogens is 1550 g/mol. The van der Waals surface area contributed by atoms with Crippen molar-refractivity contribution in [3.05, 3.63) is 145 Å². The van der Waals surface area contributed by atoms with Crippen LogP contribution in [0, 0.1) is 51.7 Å². The van der Waals surface area contributed by atoms with Gasteiger partial charge in [0, 0.05) is 18.6 Å². The van der Waals surface area contributed by atoms with Crippen LogP contribution < -0.4 is 41.3 Å². The lowest BCUT2D eigenvalue weighted by atomic mass is 9.92. The maximum atomic E-state index is 13.9. The summed E-state index contributed by atoms with van der Waals surface area (Å²) in [6, 6.07) is 32.1. The van der Waals surface area contributed by atoms with E-state index >= 15 is 0 Å². The third-order valence-corrected chi connectivity index (χ3v) is 24.2. The number of para-hydroxylation sites is 2. The minimum absolute atomic E-state index is 0.0890. The van der Waals surface area contributed by atoms with Crippen molar-refractivity contribution in [2.24, 2.45) is 17.8 Å². The number of anilines is 3. The first kappa shape index (κ1) is 88.4. The maximum Gasteiger partial charge on any atom is 0.459 e. The number of nitriles is 3. The van der Waals surface area contributed by atoms with Gasteiger partial charge in [-0.05, 0) is 98.5 Å². The van der Waals surface area contributed by atoms with E-state index in [-0.39, 0.29) is 59.4 Å². The van der Waals surface area contributed by atoms with E-state index in [4.69, 9.17) is 68.6 Å². The topological polar surface area (TPSA) is 598 Å². The number of hydrogen-bond donors (Lipinski definition) is 12. The standard InChI is InChI=1S/C28H36N5O8P.C27H35N6O8P.C17H21N4O8P/c1-4-19(5-2)15-38-27(36)18(3)32-42(37,41-20-9-7-6-8-10-20)39-16-23-25(34)26(35)28(17-29,40-23)24-12-11-22-21(30)13-14-31-33(22)24;1-4-18(5-2)13-38-26(36)17(3)32-42(37,41-19-9-7-6-8-10-19)39-14-21-23(34)24(35)27(15-28,40-21)22-12-11-20-25(29)30-16-31-33(20)22;1-9(16(24)25)7-30(26,27)28-6-12-14(22)15(23)17(8-18,29-12)13-3-2-11-10(19)4-5-20-21(11)13/h6-14,18-19,23,25-26,34-35H,4-5,15-16,30H2,1-3H3,(H,32,37);6-12,16-18,21,23-24,34-35H,4-5,13-14H2,1-3H3,(H,32,37)(H2,29,30,31);2-5,9,12,14-15,22-23H,6-7,19H2,1H3,(H,24,25)(H,26,27)/p-1/t18-,23+,25+,26+,28-,42+;17-,21+,23+,24+,27-,42-;9?,12-,14-,15-,17+/m001/s1. The van der Waals surface area contributed by atoms with Crippen molar-refractivity contribution in [1.82, 2.24) is 44.0 Å². The number of aliphatic hydroxyl groups is 6. The number of aliphatic hydroxyl groups excluding tert-OH is 6. The van der Waals surface area contributed by atoms with E-state index < -0.39 is 157 Å². The highest BCUT2D eigenvalue weighted by atomic mass is 31.2. The number of aromatic nitrogens is 7. The van der Waals surface area contributed by atoms with Gasteiger partial charge in [-0.15, -0.1) is 0 Å². The molecule has 114 heavy (non-hydrogen) atoms. The van der Waals surface area contributed by atoms with Crippen molar-refractivity contribution >= 4 is 74.7 Å². The first-order valence-electron chi connectivity index (χ1n) is 36.1. The summed E-state index contributed by atoms with van der Waals surface area (Å²) in [6.07, 6.45) is -7.60. The van der Waals surface area contributed by atoms with Gasteiger partial charge in [-0.25, -0.2) is 27.7 Å². The predicted octanol–water partition coefficient (Wildman–Crippen LogP) is 4.28. The van der Waals surface area contributed by atoms with Gasteiger partial charge in [-0.1, -0.05) is 96.7 Å². The zero-order valence-corrected chi connectivity index (χ0v) is 65.6. The van der Waals surface area contributed by atoms with E-state index in [2.05, 4.69) is 30.5 Å². The van der Waals surface area contributed by atoms with Crippen LogP contribution in [0.25, 0.3) is 16.6 Å². The van der Waals surface area contributed by atoms with Crippen molar-refractivity contribution in [2.75, 3.05) is 56.4 Å². The normalized spacial score (nSPS) is 25.6. The van der Waals surface area contributed by atoms with E-state index in [1.54, 1.807) is 91.0 Å². The fourth-order valence-corrected chi connectivity index (χ4v) is 16.8. The van der Waals surface area contributed by atoms with E-state index in [9.17, 15) is 79.4 Å². The van der Waals surface area contributed by atoms with Crippen LogP contribution in [0.4, 0.5) is 17.2 Å². The molecule has 39 nitrogen and oxygen atoms in total. The number of carbonyl (C=O) groups is 3. The number of carboxylic acid groups (broad SMARTS) is 1. The second-order valence-corrected chi connectivity index (χ2v) is 32.4. The Kier molecular flexibility index (Phi) is 29.3. The molecule has 0 amide bonds. The quantitative estimate of drug-likeness (QED) is 0.0202. The summed E-state index contributed by atoms with van der Waals surface area (Å²) in [6.45, 7) is 10.7. The highest BCUT2D eigenvalue weighted by Crippen LogP contribution is 2.51. The molecule has 9 heterocycles. The average molecular weight is 1640 g/mol. The molecule has 0 bridgehead atoms. The lowest BCUT2D eigenvalue weighted by Gasteiger charge is -2.27. The molecule has 614 valence electrons. The molecule has 0 aliphatic carbocycles. The van der Waals surface area contributed by atoms with E-state index in [1.807, 2.05) is 45.9 Å². The lowest BCUT2D eigenvalue weighted by Crippen LogP contribution is -2.41. The van der Waals surface area contributed by atoms with Crippen LogP contribution in [0.2, 0.25) is 0 Å². The van der Waals surface area contributed by atoms with Gasteiger partial charge in [-0.2, -0.15) is 41.3 Å². The largest absolute Gasteiger partial charge is 0.778 e. The number of rotatable bonds is 33. The first-order chi connectivity index (χ1) is 54.2. The van der Waals surface area contributed by atoms with Gasteiger partial charge >= 0.3 is 33.4 Å². The number of nitrogens with zero attached hydrogens (tertiary/aromatic N) is 10. The van der Waals surface area contributed by atoms with Gasteiger partial charge in [-0.3, -0.25) is 23.4 Å². The van der Waals surface area contributed by atoms with Crippen LogP contribution in [0.1, 0.15) is 91.2 Å². The molecule has 0 spiro atoms. The minimum atomic E-state index is -4.58. The molecule has 0 radical (unpaired) electrons. The van der Waals surface area contributed by atoms with Crippen LogP contribution >= 0.6 is 23.1 Å². The predicted molar refractivity (Wildman–Crippen MR) is 401 cm³/mol. The molecular formula is C72H91N15O24P3-. The number of carboxylic acids is 1. The van der Waals surface area contributed by atoms with Crippen LogP contribution in [-0.4, -0.2) is 194 Å². The fraction of sp³-hybridized carbons (Fsp3) is 0.472. The molecule has 3 fully saturated rings. The smallest absolute Gasteiger partial charge is 0.459 e. The van der Waals surface area contributed by atoms with E-state index in [0.29, 0.717) is 27.9 Å². The number of fused-ring (bicyclic) bond motifs is 3. The van der Waals surface area contributed by atoms with Crippen molar-refractivity contribution in [1.29, 1.82) is 15.8 Å². The average Bonchev–Trinajstić information content (AvgIpc) is 1.59. The highest BCUT2D eigenvalue weighted by molar-refractivity contribution is 7.52. The van der Waals surface area contributed by atoms with Gasteiger partial charge in [0.2, 0.25) is 16.8 Å². The highest BCUT2D eigenvalue weighted by Gasteiger charge is 2.61. The first-order valence-corrected chi connectivity index (χ1v) is 40.9. The van der Waals surface area contributed by atoms with Gasteiger partial charge in [0.05, 0.1) is 78.4 Å². The molecule has 2 unspecified atom stereocenters. The van der Waals surface area contributed by atoms with Gasteiger partial charge < -0.3 is 99.7 Å². The molecule has 2 aromatic carbocycles. The fourth-order valence-electron chi connectivity index (χ4n) is 12.5. The summed E-state index contributed by atoms with van der Waals surface area (Å²) >= 11 is 0. The summed E-state index contributed by atoms with van der Waals surface area (Å²) in [5, 5.41) is 121. The second kappa shape index (κ2) is 37.8. The van der Waals surface area contributed by atoms with Crippen molar-refractivity contribution in [2.45, 2.75) is 158 Å². The summed E-state index contributed by atoms with van der Waals surface area (Å²) in [4.78, 5) is 52.1. The number of nitrogens with two attached hydrogens (primary N) is 3. The summed E-state index contributed by atoms with van der Waals surface area (Å²) in [5.41, 5.74) is 13.9. The molecule has 6 aromatic heterocycles. The van der Waals surface area contributed by atoms with Crippen LogP contribution in [-0.2, 0) is 82.1 Å². The molecule has 11 rings (SSSR count). The third kappa shape index (κ3) is 19.5. The Morgan fingerprint density at radius 3 is 1.25 bits per heavy atom. The number of carbonyl (C=O) groups excluding carboxylic acids is 2. The second-order valence-electron chi connectivity index (χ2n) is 27.1. The van der Waals surface area contributed by atoms with Gasteiger partial charge in [0.25, 0.3) is 0 Å². The lowest BCUT2D eigenvalue weighted by molar-refractivity contribution is -0.203. The monoisotopic (exact) mass is 1640 g/mol. The van der Waals surface area contributed by atoms with E-state index in [1.165, 1.54) is 71.2 Å². The van der Waals surface area contributed by atoms with Crippen molar-refractivity contribution in [3.63, 3.8) is 0 Å². The SMILES string of the molecule is CC(CP(=O)([O-])OC[C@H]1O[C@@](C#N)(c2ccc3c(N)ccnn23)[C@H](O)[C@@H]1O)C(=O)O.CCC(CC)COC(=O)[C@H](C)N[P@@](=O)(OC[C@H]1O[C@@](C#N)(c2ccc3c(N)ccnn23)[C@H](O)[C@@H]1O)Oc1ccccc1.CCC(CC)COC(=O)[C@H](C)N[P@](=O)(OC[C@H]1O[C@@](C#N)(c2ccc3c(N)ncnn23)[C@H](O)[C@@H]1O)Oc1ccccc1. The van der Waals surface area contributed by atoms with Crippen LogP contribution in [0.5, 0.6) is 11.5 Å². The Hall–Kier alpha value is -9.59. The Labute approximate surface area is 653 Å². The Morgan fingerprint density at radius 1 is 0.544 bits per heavy atom. The molecule has 18 atom stereocenters. The Balaban J connectivity index is 0.000000199. The van der Waals surface area contributed by atoms with Crippen molar-refractivity contribution in [3.8, 4) is 29.7 Å². The summed E-state index contributed by atoms with van der Waals surface area (Å²) in [7, 11) is -13.2. The number of aliphatic carboxylic acids is 1. The molecule has 3 aliphatic rings. The number of benzene rings is 2. The molecule has 0 saturated carbocycles. The van der Waals surface area contributed by atoms with Crippen molar-refractivity contribution < 1.29 is 115 Å². The van der Waals surface area contributed by atoms with Gasteiger partial charge in [0.15, 0.2) is 5.82 Å². The molecule has 3 aliphatic heterocycles. The number of esters is 2.